The van der Waals surface area contributed by atoms with Crippen molar-refractivity contribution in [1.82, 2.24) is 10.2 Å². The number of ether oxygens (including phenoxy) is 1. The lowest BCUT2D eigenvalue weighted by Gasteiger charge is -2.31. The van der Waals surface area contributed by atoms with Gasteiger partial charge in [-0.1, -0.05) is 27.4 Å². The van der Waals surface area contributed by atoms with Crippen LogP contribution in [0.5, 0.6) is 0 Å². The second-order valence-electron chi connectivity index (χ2n) is 4.86. The summed E-state index contributed by atoms with van der Waals surface area (Å²) in [4.78, 5) is 2.50. The molecule has 0 aliphatic rings. The molecule has 0 spiro atoms. The Labute approximate surface area is 114 Å². The first-order chi connectivity index (χ1) is 8.69. The van der Waals surface area contributed by atoms with E-state index in [1.807, 2.05) is 0 Å². The fraction of sp³-hybridized carbons (Fsp3) is 0.867. The van der Waals surface area contributed by atoms with Gasteiger partial charge in [-0.2, -0.15) is 0 Å². The molecule has 3 nitrogen and oxygen atoms in total. The molecule has 0 radical (unpaired) electrons. The molecule has 18 heavy (non-hydrogen) atoms. The molecule has 0 rings (SSSR count). The highest BCUT2D eigenvalue weighted by Crippen LogP contribution is 2.10. The molecule has 0 aliphatic carbocycles. The summed E-state index contributed by atoms with van der Waals surface area (Å²) in [7, 11) is 1.77. The highest BCUT2D eigenvalue weighted by atomic mass is 16.5. The van der Waals surface area contributed by atoms with Crippen molar-refractivity contribution in [3.05, 3.63) is 12.2 Å². The quantitative estimate of drug-likeness (QED) is 0.429. The van der Waals surface area contributed by atoms with Crippen LogP contribution in [-0.2, 0) is 4.74 Å². The third-order valence-electron chi connectivity index (χ3n) is 3.27. The molecule has 0 aromatic rings. The molecule has 0 fully saturated rings. The predicted octanol–water partition coefficient (Wildman–Crippen LogP) is 2.68. The average Bonchev–Trinajstić information content (AvgIpc) is 2.37. The molecule has 0 aliphatic heterocycles. The van der Waals surface area contributed by atoms with E-state index in [1.165, 1.54) is 24.8 Å². The van der Waals surface area contributed by atoms with Gasteiger partial charge in [0, 0.05) is 32.8 Å². The molecule has 0 bridgehead atoms. The van der Waals surface area contributed by atoms with Gasteiger partial charge in [-0.25, -0.2) is 0 Å². The van der Waals surface area contributed by atoms with E-state index >= 15 is 0 Å². The summed E-state index contributed by atoms with van der Waals surface area (Å²) in [6.45, 7) is 15.6. The lowest BCUT2D eigenvalue weighted by molar-refractivity contribution is 0.122. The molecule has 3 heteroatoms. The Morgan fingerprint density at radius 3 is 2.44 bits per heavy atom. The number of hydrogen-bond donors (Lipinski definition) is 1. The number of hydrogen-bond acceptors (Lipinski definition) is 3. The van der Waals surface area contributed by atoms with Crippen LogP contribution in [0.1, 0.15) is 40.0 Å². The Morgan fingerprint density at radius 1 is 1.28 bits per heavy atom. The molecule has 0 saturated carbocycles. The van der Waals surface area contributed by atoms with Crippen molar-refractivity contribution < 1.29 is 4.74 Å². The van der Waals surface area contributed by atoms with Crippen LogP contribution in [0.4, 0.5) is 0 Å². The van der Waals surface area contributed by atoms with Crippen molar-refractivity contribution >= 4 is 0 Å². The van der Waals surface area contributed by atoms with Crippen LogP contribution in [0.2, 0.25) is 0 Å². The number of nitrogens with one attached hydrogen (secondary N) is 1. The molecule has 108 valence electrons. The van der Waals surface area contributed by atoms with E-state index in [9.17, 15) is 0 Å². The summed E-state index contributed by atoms with van der Waals surface area (Å²) >= 11 is 0. The zero-order valence-electron chi connectivity index (χ0n) is 12.8. The van der Waals surface area contributed by atoms with Crippen molar-refractivity contribution in [2.24, 2.45) is 0 Å². The maximum absolute atomic E-state index is 5.20. The molecule has 0 saturated heterocycles. The number of nitrogens with zero attached hydrogens (tertiary/aromatic N) is 1. The molecule has 0 unspecified atom stereocenters. The Morgan fingerprint density at radius 2 is 1.94 bits per heavy atom. The smallest absolute Gasteiger partial charge is 0.0589 e. The minimum Gasteiger partial charge on any atom is -0.383 e. The highest BCUT2D eigenvalue weighted by Gasteiger charge is 2.15. The first-order valence-electron chi connectivity index (χ1n) is 7.29. The zero-order chi connectivity index (χ0) is 13.8. The largest absolute Gasteiger partial charge is 0.383 e. The topological polar surface area (TPSA) is 24.5 Å². The molecule has 1 N–H and O–H groups in total. The lowest BCUT2D eigenvalue weighted by Crippen LogP contribution is -2.39. The van der Waals surface area contributed by atoms with E-state index in [1.54, 1.807) is 7.11 Å². The number of methoxy groups -OCH3 is 1. The highest BCUT2D eigenvalue weighted by molar-refractivity contribution is 5.00. The van der Waals surface area contributed by atoms with Crippen LogP contribution >= 0.6 is 0 Å². The van der Waals surface area contributed by atoms with Crippen LogP contribution in [0.15, 0.2) is 12.2 Å². The molecule has 0 atom stereocenters. The van der Waals surface area contributed by atoms with Gasteiger partial charge in [0.05, 0.1) is 6.61 Å². The van der Waals surface area contributed by atoms with Gasteiger partial charge < -0.3 is 10.1 Å². The second kappa shape index (κ2) is 11.7. The summed E-state index contributed by atoms with van der Waals surface area (Å²) in [5.41, 5.74) is 1.27. The van der Waals surface area contributed by atoms with Gasteiger partial charge in [0.1, 0.15) is 0 Å². The zero-order valence-corrected chi connectivity index (χ0v) is 12.8. The van der Waals surface area contributed by atoms with Crippen molar-refractivity contribution in [3.8, 4) is 0 Å². The van der Waals surface area contributed by atoms with Gasteiger partial charge in [0.2, 0.25) is 0 Å². The third-order valence-corrected chi connectivity index (χ3v) is 3.27. The van der Waals surface area contributed by atoms with Crippen LogP contribution in [0, 0.1) is 0 Å². The molecule has 0 heterocycles. The minimum atomic E-state index is 0.642. The molecular weight excluding hydrogens is 224 g/mol. The van der Waals surface area contributed by atoms with E-state index in [2.05, 4.69) is 37.6 Å². The second-order valence-corrected chi connectivity index (χ2v) is 4.86. The van der Waals surface area contributed by atoms with Crippen LogP contribution in [-0.4, -0.2) is 50.8 Å². The van der Waals surface area contributed by atoms with Gasteiger partial charge in [-0.3, -0.25) is 4.90 Å². The Bertz CT molecular complexity index is 203. The van der Waals surface area contributed by atoms with Crippen molar-refractivity contribution in [1.29, 1.82) is 0 Å². The standard InChI is InChI=1S/C15H32N2O/c1-6-9-16-12-14(4)13-17(10-11-18-5)15(7-2)8-3/h15-16H,4,6-13H2,1-3,5H3. The Kier molecular flexibility index (Phi) is 11.4. The van der Waals surface area contributed by atoms with Crippen LogP contribution in [0.3, 0.4) is 0 Å². The van der Waals surface area contributed by atoms with E-state index in [0.29, 0.717) is 6.04 Å². The van der Waals surface area contributed by atoms with E-state index in [-0.39, 0.29) is 0 Å². The van der Waals surface area contributed by atoms with Gasteiger partial charge in [-0.05, 0) is 31.4 Å². The predicted molar refractivity (Wildman–Crippen MR) is 80.1 cm³/mol. The Balaban J connectivity index is 4.16. The van der Waals surface area contributed by atoms with Crippen LogP contribution < -0.4 is 5.32 Å². The summed E-state index contributed by atoms with van der Waals surface area (Å²) in [6.07, 6.45) is 3.55. The first kappa shape index (κ1) is 17.6. The summed E-state index contributed by atoms with van der Waals surface area (Å²) in [6, 6.07) is 0.642. The van der Waals surface area contributed by atoms with Crippen molar-refractivity contribution in [3.63, 3.8) is 0 Å². The van der Waals surface area contributed by atoms with Crippen molar-refractivity contribution in [2.75, 3.05) is 39.9 Å². The summed E-state index contributed by atoms with van der Waals surface area (Å²) in [5, 5.41) is 3.41. The molecule has 0 amide bonds. The monoisotopic (exact) mass is 256 g/mol. The summed E-state index contributed by atoms with van der Waals surface area (Å²) < 4.78 is 5.20. The fourth-order valence-corrected chi connectivity index (χ4v) is 2.19. The minimum absolute atomic E-state index is 0.642. The maximum atomic E-state index is 5.20. The SMILES string of the molecule is C=C(CNCCC)CN(CCOC)C(CC)CC. The third kappa shape index (κ3) is 7.85. The molecular formula is C15H32N2O. The van der Waals surface area contributed by atoms with Crippen molar-refractivity contribution in [2.45, 2.75) is 46.1 Å². The van der Waals surface area contributed by atoms with E-state index in [4.69, 9.17) is 4.74 Å². The molecule has 0 aromatic carbocycles. The summed E-state index contributed by atoms with van der Waals surface area (Å²) in [5.74, 6) is 0. The van der Waals surface area contributed by atoms with Gasteiger partial charge in [0.25, 0.3) is 0 Å². The first-order valence-corrected chi connectivity index (χ1v) is 7.29. The maximum Gasteiger partial charge on any atom is 0.0589 e. The van der Waals surface area contributed by atoms with Gasteiger partial charge in [-0.15, -0.1) is 0 Å². The van der Waals surface area contributed by atoms with E-state index < -0.39 is 0 Å². The average molecular weight is 256 g/mol. The van der Waals surface area contributed by atoms with Crippen LogP contribution in [0.25, 0.3) is 0 Å². The Hall–Kier alpha value is -0.380. The molecule has 0 aromatic heterocycles. The fourth-order valence-electron chi connectivity index (χ4n) is 2.19. The lowest BCUT2D eigenvalue weighted by atomic mass is 10.1. The van der Waals surface area contributed by atoms with Gasteiger partial charge >= 0.3 is 0 Å². The van der Waals surface area contributed by atoms with E-state index in [0.717, 1.165) is 32.8 Å². The normalized spacial score (nSPS) is 11.4. The van der Waals surface area contributed by atoms with Gasteiger partial charge in [0.15, 0.2) is 0 Å². The number of rotatable bonds is 12.